The molecule has 0 saturated carbocycles. The van der Waals surface area contributed by atoms with Crippen LogP contribution in [0.3, 0.4) is 0 Å². The van der Waals surface area contributed by atoms with Gasteiger partial charge in [-0.05, 0) is 51.7 Å². The lowest BCUT2D eigenvalue weighted by atomic mass is 9.89. The van der Waals surface area contributed by atoms with E-state index in [1.165, 1.54) is 11.1 Å². The molecule has 0 aromatic heterocycles. The van der Waals surface area contributed by atoms with Crippen LogP contribution in [0.25, 0.3) is 0 Å². The van der Waals surface area contributed by atoms with E-state index in [9.17, 15) is 0 Å². The Morgan fingerprint density at radius 1 is 0.800 bits per heavy atom. The quantitative estimate of drug-likeness (QED) is 0.818. The summed E-state index contributed by atoms with van der Waals surface area (Å²) in [7, 11) is 6.63. The third kappa shape index (κ3) is 3.28. The van der Waals surface area contributed by atoms with E-state index >= 15 is 0 Å². The predicted molar refractivity (Wildman–Crippen MR) is 100 cm³/mol. The third-order valence-corrected chi connectivity index (χ3v) is 5.13. The number of ether oxygens (including phenoxy) is 4. The molecular weight excluding hydrogens is 386 g/mol. The van der Waals surface area contributed by atoms with E-state index in [-0.39, 0.29) is 6.04 Å². The van der Waals surface area contributed by atoms with Crippen LogP contribution in [-0.2, 0) is 6.42 Å². The van der Waals surface area contributed by atoms with Crippen molar-refractivity contribution in [2.75, 3.05) is 35.0 Å². The van der Waals surface area contributed by atoms with Crippen LogP contribution in [0, 0.1) is 0 Å². The van der Waals surface area contributed by atoms with E-state index < -0.39 is 0 Å². The first-order valence-electron chi connectivity index (χ1n) is 8.02. The minimum absolute atomic E-state index is 0.000659. The molecule has 0 amide bonds. The zero-order chi connectivity index (χ0) is 18.0. The Morgan fingerprint density at radius 2 is 1.44 bits per heavy atom. The first-order valence-corrected chi connectivity index (χ1v) is 8.81. The second-order valence-corrected chi connectivity index (χ2v) is 6.63. The molecule has 1 atom stereocenters. The predicted octanol–water partition coefficient (Wildman–Crippen LogP) is 3.72. The number of fused-ring (bicyclic) bond motifs is 1. The van der Waals surface area contributed by atoms with Crippen molar-refractivity contribution in [3.63, 3.8) is 0 Å². The van der Waals surface area contributed by atoms with Crippen molar-refractivity contribution in [2.24, 2.45) is 0 Å². The normalized spacial score (nSPS) is 16.1. The highest BCUT2D eigenvalue weighted by Gasteiger charge is 2.27. The molecule has 3 rings (SSSR count). The van der Waals surface area contributed by atoms with Gasteiger partial charge in [0.05, 0.1) is 39.0 Å². The Kier molecular flexibility index (Phi) is 5.39. The highest BCUT2D eigenvalue weighted by Crippen LogP contribution is 2.42. The minimum atomic E-state index is 0.000659. The molecular formula is C19H22BrNO4. The summed E-state index contributed by atoms with van der Waals surface area (Å²) in [5.41, 5.74) is 3.46. The summed E-state index contributed by atoms with van der Waals surface area (Å²) in [4.78, 5) is 0. The van der Waals surface area contributed by atoms with Gasteiger partial charge in [-0.2, -0.15) is 0 Å². The molecule has 0 fully saturated rings. The molecule has 134 valence electrons. The number of hydrogen-bond donors (Lipinski definition) is 1. The number of hydrogen-bond acceptors (Lipinski definition) is 5. The zero-order valence-corrected chi connectivity index (χ0v) is 16.4. The largest absolute Gasteiger partial charge is 0.496 e. The van der Waals surface area contributed by atoms with Gasteiger partial charge in [0.1, 0.15) is 11.5 Å². The summed E-state index contributed by atoms with van der Waals surface area (Å²) in [5.74, 6) is 3.00. The fourth-order valence-electron chi connectivity index (χ4n) is 3.27. The first-order chi connectivity index (χ1) is 12.1. The van der Waals surface area contributed by atoms with Crippen LogP contribution in [0.15, 0.2) is 28.7 Å². The van der Waals surface area contributed by atoms with Gasteiger partial charge in [-0.1, -0.05) is 0 Å². The smallest absolute Gasteiger partial charge is 0.161 e. The van der Waals surface area contributed by atoms with Crippen molar-refractivity contribution < 1.29 is 18.9 Å². The Balaban J connectivity index is 2.14. The zero-order valence-electron chi connectivity index (χ0n) is 14.8. The minimum Gasteiger partial charge on any atom is -0.496 e. The summed E-state index contributed by atoms with van der Waals surface area (Å²) < 4.78 is 22.8. The average Bonchev–Trinajstić information content (AvgIpc) is 2.66. The Bertz CT molecular complexity index is 779. The van der Waals surface area contributed by atoms with Crippen LogP contribution >= 0.6 is 15.9 Å². The maximum Gasteiger partial charge on any atom is 0.161 e. The summed E-state index contributed by atoms with van der Waals surface area (Å²) >= 11 is 3.58. The SMILES string of the molecule is COc1cc(OC)c(C2NCCc3cc(OC)c(OC)cc32)cc1Br. The Hall–Kier alpha value is -1.92. The van der Waals surface area contributed by atoms with Gasteiger partial charge >= 0.3 is 0 Å². The van der Waals surface area contributed by atoms with Crippen molar-refractivity contribution in [1.29, 1.82) is 0 Å². The van der Waals surface area contributed by atoms with E-state index in [1.54, 1.807) is 28.4 Å². The van der Waals surface area contributed by atoms with Crippen molar-refractivity contribution in [1.82, 2.24) is 5.32 Å². The molecule has 2 aromatic carbocycles. The average molecular weight is 408 g/mol. The van der Waals surface area contributed by atoms with Crippen LogP contribution in [0.4, 0.5) is 0 Å². The lowest BCUT2D eigenvalue weighted by Gasteiger charge is -2.29. The molecule has 1 unspecified atom stereocenters. The molecule has 0 aliphatic carbocycles. The molecule has 6 heteroatoms. The number of benzene rings is 2. The van der Waals surface area contributed by atoms with E-state index in [0.29, 0.717) is 0 Å². The highest BCUT2D eigenvalue weighted by molar-refractivity contribution is 9.10. The first kappa shape index (κ1) is 17.9. The van der Waals surface area contributed by atoms with Gasteiger partial charge < -0.3 is 24.3 Å². The topological polar surface area (TPSA) is 49.0 Å². The van der Waals surface area contributed by atoms with Crippen LogP contribution in [0.5, 0.6) is 23.0 Å². The summed E-state index contributed by atoms with van der Waals surface area (Å²) in [6, 6.07) is 8.05. The number of methoxy groups -OCH3 is 4. The summed E-state index contributed by atoms with van der Waals surface area (Å²) in [5, 5.41) is 3.58. The molecule has 0 bridgehead atoms. The van der Waals surface area contributed by atoms with Gasteiger partial charge in [0, 0.05) is 18.2 Å². The maximum atomic E-state index is 5.62. The number of rotatable bonds is 5. The van der Waals surface area contributed by atoms with Crippen molar-refractivity contribution >= 4 is 15.9 Å². The standard InChI is InChI=1S/C19H22BrNO4/c1-22-15-10-16(23-2)14(20)8-13(15)19-12-9-18(25-4)17(24-3)7-11(12)5-6-21-19/h7-10,19,21H,5-6H2,1-4H3. The van der Waals surface area contributed by atoms with Gasteiger partial charge in [0.2, 0.25) is 0 Å². The fourth-order valence-corrected chi connectivity index (χ4v) is 3.79. The van der Waals surface area contributed by atoms with E-state index in [4.69, 9.17) is 18.9 Å². The Labute approximate surface area is 156 Å². The molecule has 1 heterocycles. The lowest BCUT2D eigenvalue weighted by molar-refractivity contribution is 0.352. The molecule has 25 heavy (non-hydrogen) atoms. The summed E-state index contributed by atoms with van der Waals surface area (Å²) in [6.07, 6.45) is 0.936. The molecule has 2 aromatic rings. The molecule has 5 nitrogen and oxygen atoms in total. The van der Waals surface area contributed by atoms with E-state index in [1.807, 2.05) is 18.2 Å². The van der Waals surface area contributed by atoms with Gasteiger partial charge in [-0.3, -0.25) is 0 Å². The van der Waals surface area contributed by atoms with Crippen molar-refractivity contribution in [3.05, 3.63) is 45.4 Å². The molecule has 1 N–H and O–H groups in total. The maximum absolute atomic E-state index is 5.62. The second-order valence-electron chi connectivity index (χ2n) is 5.77. The van der Waals surface area contributed by atoms with E-state index in [0.717, 1.165) is 46.0 Å². The molecule has 1 aliphatic rings. The Morgan fingerprint density at radius 3 is 2.08 bits per heavy atom. The van der Waals surface area contributed by atoms with Crippen LogP contribution in [-0.4, -0.2) is 35.0 Å². The second kappa shape index (κ2) is 7.54. The number of nitrogens with one attached hydrogen (secondary N) is 1. The molecule has 0 saturated heterocycles. The van der Waals surface area contributed by atoms with Crippen LogP contribution in [0.1, 0.15) is 22.7 Å². The van der Waals surface area contributed by atoms with Crippen LogP contribution in [0.2, 0.25) is 0 Å². The molecule has 0 spiro atoms. The van der Waals surface area contributed by atoms with Crippen LogP contribution < -0.4 is 24.3 Å². The lowest BCUT2D eigenvalue weighted by Crippen LogP contribution is -2.31. The van der Waals surface area contributed by atoms with Gasteiger partial charge in [0.25, 0.3) is 0 Å². The summed E-state index contributed by atoms with van der Waals surface area (Å²) in [6.45, 7) is 0.875. The van der Waals surface area contributed by atoms with Gasteiger partial charge in [-0.25, -0.2) is 0 Å². The van der Waals surface area contributed by atoms with Crippen molar-refractivity contribution in [2.45, 2.75) is 12.5 Å². The highest BCUT2D eigenvalue weighted by atomic mass is 79.9. The monoisotopic (exact) mass is 407 g/mol. The fraction of sp³-hybridized carbons (Fsp3) is 0.368. The number of halogens is 1. The van der Waals surface area contributed by atoms with Crippen molar-refractivity contribution in [3.8, 4) is 23.0 Å². The van der Waals surface area contributed by atoms with E-state index in [2.05, 4.69) is 27.3 Å². The van der Waals surface area contributed by atoms with Gasteiger partial charge in [-0.15, -0.1) is 0 Å². The third-order valence-electron chi connectivity index (χ3n) is 4.51. The van der Waals surface area contributed by atoms with Gasteiger partial charge in [0.15, 0.2) is 11.5 Å². The molecule has 1 aliphatic heterocycles. The molecule has 0 radical (unpaired) electrons.